The van der Waals surface area contributed by atoms with Crippen LogP contribution in [0.4, 0.5) is 5.69 Å². The third-order valence-corrected chi connectivity index (χ3v) is 4.76. The van der Waals surface area contributed by atoms with E-state index in [1.54, 1.807) is 14.2 Å². The third-order valence-electron chi connectivity index (χ3n) is 4.76. The molecule has 8 heteroatoms. The molecule has 0 fully saturated rings. The van der Waals surface area contributed by atoms with Crippen molar-refractivity contribution < 1.29 is 24.2 Å². The predicted molar refractivity (Wildman–Crippen MR) is 103 cm³/mol. The molecule has 1 atom stereocenters. The maximum atomic E-state index is 10.7. The predicted octanol–water partition coefficient (Wildman–Crippen LogP) is 2.41. The molecule has 0 saturated carbocycles. The van der Waals surface area contributed by atoms with Gasteiger partial charge in [0.25, 0.3) is 5.69 Å². The fourth-order valence-electron chi connectivity index (χ4n) is 3.30. The van der Waals surface area contributed by atoms with Crippen LogP contribution in [0.2, 0.25) is 0 Å². The Bertz CT molecular complexity index is 824. The molecule has 3 rings (SSSR count). The van der Waals surface area contributed by atoms with E-state index >= 15 is 0 Å². The minimum atomic E-state index is -0.670. The molecule has 0 aliphatic carbocycles. The van der Waals surface area contributed by atoms with Crippen molar-refractivity contribution in [3.8, 4) is 17.2 Å². The number of fused-ring (bicyclic) bond motifs is 1. The number of rotatable bonds is 8. The van der Waals surface area contributed by atoms with Gasteiger partial charge in [0.2, 0.25) is 0 Å². The quantitative estimate of drug-likeness (QED) is 0.548. The molecule has 150 valence electrons. The highest BCUT2D eigenvalue weighted by atomic mass is 16.6. The summed E-state index contributed by atoms with van der Waals surface area (Å²) in [5, 5.41) is 21.0. The summed E-state index contributed by atoms with van der Waals surface area (Å²) in [4.78, 5) is 12.4. The molecule has 28 heavy (non-hydrogen) atoms. The van der Waals surface area contributed by atoms with E-state index in [-0.39, 0.29) is 12.3 Å². The average molecular weight is 388 g/mol. The maximum Gasteiger partial charge on any atom is 0.269 e. The summed E-state index contributed by atoms with van der Waals surface area (Å²) in [5.41, 5.74) is 2.39. The van der Waals surface area contributed by atoms with E-state index in [1.165, 1.54) is 29.8 Å². The van der Waals surface area contributed by atoms with Gasteiger partial charge in [0, 0.05) is 31.8 Å². The number of non-ortho nitro benzene ring substituents is 1. The lowest BCUT2D eigenvalue weighted by molar-refractivity contribution is -0.384. The van der Waals surface area contributed by atoms with Crippen LogP contribution in [0.3, 0.4) is 0 Å². The number of nitro benzene ring substituents is 1. The topological polar surface area (TPSA) is 94.3 Å². The van der Waals surface area contributed by atoms with Crippen molar-refractivity contribution >= 4 is 5.69 Å². The number of benzene rings is 2. The molecule has 1 N–H and O–H groups in total. The third kappa shape index (κ3) is 4.71. The first-order chi connectivity index (χ1) is 13.5. The Morgan fingerprint density at radius 1 is 1.14 bits per heavy atom. The van der Waals surface area contributed by atoms with Crippen LogP contribution in [-0.2, 0) is 13.0 Å². The minimum Gasteiger partial charge on any atom is -0.493 e. The lowest BCUT2D eigenvalue weighted by atomic mass is 9.98. The van der Waals surface area contributed by atoms with Crippen molar-refractivity contribution in [2.45, 2.75) is 19.1 Å². The molecule has 2 aromatic carbocycles. The number of β-amino-alcohol motifs (C(OH)–C–C–N with tert-alkyl or cyclic N) is 1. The summed E-state index contributed by atoms with van der Waals surface area (Å²) in [5.74, 6) is 1.92. The molecule has 0 amide bonds. The Labute approximate surface area is 163 Å². The van der Waals surface area contributed by atoms with Crippen molar-refractivity contribution in [2.24, 2.45) is 0 Å². The molecule has 0 spiro atoms. The molecule has 2 aromatic rings. The molecule has 8 nitrogen and oxygen atoms in total. The van der Waals surface area contributed by atoms with Crippen LogP contribution in [-0.4, -0.2) is 54.9 Å². The molecule has 1 heterocycles. The first kappa shape index (κ1) is 19.9. The molecule has 1 aliphatic heterocycles. The van der Waals surface area contributed by atoms with Gasteiger partial charge in [-0.15, -0.1) is 0 Å². The highest BCUT2D eigenvalue weighted by Gasteiger charge is 2.21. The van der Waals surface area contributed by atoms with Gasteiger partial charge in [-0.2, -0.15) is 0 Å². The monoisotopic (exact) mass is 388 g/mol. The van der Waals surface area contributed by atoms with Crippen LogP contribution >= 0.6 is 0 Å². The molecule has 1 aliphatic rings. The number of nitrogens with zero attached hydrogens (tertiary/aromatic N) is 2. The molecular formula is C20H24N2O6. The largest absolute Gasteiger partial charge is 0.493 e. The number of hydrogen-bond acceptors (Lipinski definition) is 7. The van der Waals surface area contributed by atoms with Gasteiger partial charge in [0.05, 0.1) is 19.1 Å². The molecule has 1 unspecified atom stereocenters. The SMILES string of the molecule is COc1cc2c(cc1OC)CN(CC(O)COc1ccc([N+](=O)[O-])cc1)CC2. The van der Waals surface area contributed by atoms with E-state index in [9.17, 15) is 15.2 Å². The molecule has 0 aromatic heterocycles. The lowest BCUT2D eigenvalue weighted by Gasteiger charge is -2.31. The van der Waals surface area contributed by atoms with Crippen LogP contribution in [0.15, 0.2) is 36.4 Å². The van der Waals surface area contributed by atoms with E-state index in [4.69, 9.17) is 14.2 Å². The Hall–Kier alpha value is -2.84. The first-order valence-electron chi connectivity index (χ1n) is 9.01. The Morgan fingerprint density at radius 3 is 2.39 bits per heavy atom. The van der Waals surface area contributed by atoms with Gasteiger partial charge in [-0.1, -0.05) is 0 Å². The normalized spacial score (nSPS) is 14.8. The van der Waals surface area contributed by atoms with Crippen molar-refractivity contribution in [1.82, 2.24) is 4.90 Å². The second-order valence-corrected chi connectivity index (χ2v) is 6.68. The second-order valence-electron chi connectivity index (χ2n) is 6.68. The standard InChI is InChI=1S/C20H24N2O6/c1-26-19-9-14-7-8-21(11-15(14)10-20(19)27-2)12-17(23)13-28-18-5-3-16(4-6-18)22(24)25/h3-6,9-10,17,23H,7-8,11-13H2,1-2H3. The van der Waals surface area contributed by atoms with Crippen LogP contribution < -0.4 is 14.2 Å². The van der Waals surface area contributed by atoms with Gasteiger partial charge in [-0.05, 0) is 41.8 Å². The van der Waals surface area contributed by atoms with Crippen molar-refractivity contribution in [2.75, 3.05) is 33.9 Å². The van der Waals surface area contributed by atoms with Gasteiger partial charge in [0.1, 0.15) is 18.5 Å². The summed E-state index contributed by atoms with van der Waals surface area (Å²) in [6.07, 6.45) is 0.197. The number of hydrogen-bond donors (Lipinski definition) is 1. The van der Waals surface area contributed by atoms with Gasteiger partial charge >= 0.3 is 0 Å². The minimum absolute atomic E-state index is 0.00643. The van der Waals surface area contributed by atoms with Crippen LogP contribution in [0.1, 0.15) is 11.1 Å². The molecule has 0 bridgehead atoms. The zero-order chi connectivity index (χ0) is 20.1. The fourth-order valence-corrected chi connectivity index (χ4v) is 3.30. The van der Waals surface area contributed by atoms with E-state index < -0.39 is 11.0 Å². The highest BCUT2D eigenvalue weighted by Crippen LogP contribution is 2.33. The summed E-state index contributed by atoms with van der Waals surface area (Å²) in [6, 6.07) is 9.82. The highest BCUT2D eigenvalue weighted by molar-refractivity contribution is 5.48. The molecule has 0 radical (unpaired) electrons. The van der Waals surface area contributed by atoms with Gasteiger partial charge < -0.3 is 19.3 Å². The van der Waals surface area contributed by atoms with E-state index in [1.807, 2.05) is 12.1 Å². The van der Waals surface area contributed by atoms with Crippen LogP contribution in [0, 0.1) is 10.1 Å². The van der Waals surface area contributed by atoms with Crippen molar-refractivity contribution in [1.29, 1.82) is 0 Å². The van der Waals surface area contributed by atoms with E-state index in [2.05, 4.69) is 4.90 Å². The number of nitro groups is 1. The second kappa shape index (κ2) is 8.90. The van der Waals surface area contributed by atoms with Gasteiger partial charge in [-0.25, -0.2) is 0 Å². The van der Waals surface area contributed by atoms with Crippen molar-refractivity contribution in [3.05, 3.63) is 57.6 Å². The summed E-state index contributed by atoms with van der Waals surface area (Å²) < 4.78 is 16.3. The summed E-state index contributed by atoms with van der Waals surface area (Å²) in [7, 11) is 3.24. The van der Waals surface area contributed by atoms with Gasteiger partial charge in [-0.3, -0.25) is 15.0 Å². The fraction of sp³-hybridized carbons (Fsp3) is 0.400. The average Bonchev–Trinajstić information content (AvgIpc) is 2.71. The number of aliphatic hydroxyl groups is 1. The van der Waals surface area contributed by atoms with Crippen molar-refractivity contribution in [3.63, 3.8) is 0 Å². The molecule has 0 saturated heterocycles. The van der Waals surface area contributed by atoms with Gasteiger partial charge in [0.15, 0.2) is 11.5 Å². The molecular weight excluding hydrogens is 364 g/mol. The van der Waals surface area contributed by atoms with E-state index in [0.717, 1.165) is 24.3 Å². The number of ether oxygens (including phenoxy) is 3. The first-order valence-corrected chi connectivity index (χ1v) is 9.01. The zero-order valence-electron chi connectivity index (χ0n) is 16.0. The zero-order valence-corrected chi connectivity index (χ0v) is 16.0. The maximum absolute atomic E-state index is 10.7. The number of aliphatic hydroxyl groups excluding tert-OH is 1. The Morgan fingerprint density at radius 2 is 1.79 bits per heavy atom. The smallest absolute Gasteiger partial charge is 0.269 e. The van der Waals surface area contributed by atoms with Crippen LogP contribution in [0.25, 0.3) is 0 Å². The summed E-state index contributed by atoms with van der Waals surface area (Å²) in [6.45, 7) is 2.13. The van der Waals surface area contributed by atoms with E-state index in [0.29, 0.717) is 24.6 Å². The lowest BCUT2D eigenvalue weighted by Crippen LogP contribution is -2.38. The Balaban J connectivity index is 1.54. The Kier molecular flexibility index (Phi) is 6.33. The summed E-state index contributed by atoms with van der Waals surface area (Å²) >= 11 is 0. The number of methoxy groups -OCH3 is 2. The van der Waals surface area contributed by atoms with Crippen LogP contribution in [0.5, 0.6) is 17.2 Å².